The van der Waals surface area contributed by atoms with Gasteiger partial charge < -0.3 is 10.5 Å². The Kier molecular flexibility index (Phi) is 3.76. The molecular formula is C12H13BrN4O. The molecule has 0 saturated carbocycles. The minimum atomic E-state index is 0.228. The molecule has 6 heteroatoms. The van der Waals surface area contributed by atoms with Crippen LogP contribution in [0.3, 0.4) is 0 Å². The predicted octanol–water partition coefficient (Wildman–Crippen LogP) is 2.45. The molecule has 18 heavy (non-hydrogen) atoms. The van der Waals surface area contributed by atoms with Gasteiger partial charge in [-0.25, -0.2) is 15.0 Å². The lowest BCUT2D eigenvalue weighted by Gasteiger charge is -2.10. The van der Waals surface area contributed by atoms with Gasteiger partial charge in [0, 0.05) is 6.20 Å². The topological polar surface area (TPSA) is 73.9 Å². The number of hydrogen-bond acceptors (Lipinski definition) is 5. The van der Waals surface area contributed by atoms with Crippen molar-refractivity contribution in [3.63, 3.8) is 0 Å². The Labute approximate surface area is 114 Å². The van der Waals surface area contributed by atoms with Crippen LogP contribution in [0.1, 0.15) is 12.5 Å². The average Bonchev–Trinajstić information content (AvgIpc) is 2.38. The Morgan fingerprint density at radius 2 is 2.06 bits per heavy atom. The van der Waals surface area contributed by atoms with Crippen molar-refractivity contribution in [1.82, 2.24) is 15.0 Å². The highest BCUT2D eigenvalue weighted by molar-refractivity contribution is 9.10. The van der Waals surface area contributed by atoms with E-state index in [1.807, 2.05) is 19.1 Å². The molecule has 0 atom stereocenters. The van der Waals surface area contributed by atoms with Crippen LogP contribution < -0.4 is 10.5 Å². The zero-order valence-electron chi connectivity index (χ0n) is 10.1. The normalized spacial score (nSPS) is 10.4. The van der Waals surface area contributed by atoms with Crippen LogP contribution in [0.4, 0.5) is 5.95 Å². The molecule has 94 valence electrons. The SMILES string of the molecule is CCc1cnc(N)nc1-c1nc(Br)ccc1OC. The van der Waals surface area contributed by atoms with Gasteiger partial charge in [-0.05, 0) is 40.0 Å². The van der Waals surface area contributed by atoms with Crippen LogP contribution in [0.15, 0.2) is 22.9 Å². The van der Waals surface area contributed by atoms with Gasteiger partial charge in [0.2, 0.25) is 5.95 Å². The molecule has 0 aliphatic heterocycles. The number of anilines is 1. The summed E-state index contributed by atoms with van der Waals surface area (Å²) in [5.41, 5.74) is 8.00. The summed E-state index contributed by atoms with van der Waals surface area (Å²) in [6, 6.07) is 3.66. The van der Waals surface area contributed by atoms with Crippen molar-refractivity contribution in [2.24, 2.45) is 0 Å². The summed E-state index contributed by atoms with van der Waals surface area (Å²) in [4.78, 5) is 12.7. The molecule has 0 unspecified atom stereocenters. The number of nitrogens with zero attached hydrogens (tertiary/aromatic N) is 3. The zero-order valence-corrected chi connectivity index (χ0v) is 11.7. The summed E-state index contributed by atoms with van der Waals surface area (Å²) in [6.07, 6.45) is 2.52. The highest BCUT2D eigenvalue weighted by Gasteiger charge is 2.14. The van der Waals surface area contributed by atoms with Crippen LogP contribution in [-0.4, -0.2) is 22.1 Å². The molecule has 0 fully saturated rings. The molecule has 0 aliphatic rings. The van der Waals surface area contributed by atoms with Gasteiger partial charge in [0.25, 0.3) is 0 Å². The van der Waals surface area contributed by atoms with Gasteiger partial charge in [-0.1, -0.05) is 6.92 Å². The largest absolute Gasteiger partial charge is 0.494 e. The lowest BCUT2D eigenvalue weighted by Crippen LogP contribution is -2.02. The van der Waals surface area contributed by atoms with Gasteiger partial charge in [-0.2, -0.15) is 0 Å². The highest BCUT2D eigenvalue weighted by atomic mass is 79.9. The summed E-state index contributed by atoms with van der Waals surface area (Å²) in [5.74, 6) is 0.886. The summed E-state index contributed by atoms with van der Waals surface area (Å²) >= 11 is 3.35. The number of halogens is 1. The van der Waals surface area contributed by atoms with Crippen LogP contribution in [0, 0.1) is 0 Å². The van der Waals surface area contributed by atoms with Crippen molar-refractivity contribution < 1.29 is 4.74 Å². The predicted molar refractivity (Wildman–Crippen MR) is 73.3 cm³/mol. The van der Waals surface area contributed by atoms with Crippen molar-refractivity contribution in [2.45, 2.75) is 13.3 Å². The molecule has 2 aromatic heterocycles. The smallest absolute Gasteiger partial charge is 0.220 e. The lowest BCUT2D eigenvalue weighted by atomic mass is 10.1. The third kappa shape index (κ3) is 2.43. The van der Waals surface area contributed by atoms with Crippen LogP contribution in [0.2, 0.25) is 0 Å². The maximum Gasteiger partial charge on any atom is 0.220 e. The summed E-state index contributed by atoms with van der Waals surface area (Å²) < 4.78 is 6.03. The molecule has 0 bridgehead atoms. The first-order valence-electron chi connectivity index (χ1n) is 5.48. The number of aromatic nitrogens is 3. The van der Waals surface area contributed by atoms with E-state index in [1.165, 1.54) is 0 Å². The highest BCUT2D eigenvalue weighted by Crippen LogP contribution is 2.30. The Morgan fingerprint density at radius 1 is 1.28 bits per heavy atom. The monoisotopic (exact) mass is 308 g/mol. The molecule has 2 rings (SSSR count). The third-order valence-corrected chi connectivity index (χ3v) is 2.97. The van der Waals surface area contributed by atoms with E-state index >= 15 is 0 Å². The van der Waals surface area contributed by atoms with E-state index in [4.69, 9.17) is 10.5 Å². The standard InChI is InChI=1S/C12H13BrN4O/c1-3-7-6-15-12(14)17-10(7)11-8(18-2)4-5-9(13)16-11/h4-6H,3H2,1-2H3,(H2,14,15,17). The molecule has 0 amide bonds. The van der Waals surface area contributed by atoms with Gasteiger partial charge >= 0.3 is 0 Å². The number of aryl methyl sites for hydroxylation is 1. The lowest BCUT2D eigenvalue weighted by molar-refractivity contribution is 0.414. The third-order valence-electron chi connectivity index (χ3n) is 2.53. The number of pyridine rings is 1. The van der Waals surface area contributed by atoms with Crippen molar-refractivity contribution in [3.8, 4) is 17.1 Å². The summed E-state index contributed by atoms with van der Waals surface area (Å²) in [6.45, 7) is 2.03. The van der Waals surface area contributed by atoms with Crippen molar-refractivity contribution >= 4 is 21.9 Å². The van der Waals surface area contributed by atoms with E-state index < -0.39 is 0 Å². The van der Waals surface area contributed by atoms with Gasteiger partial charge in [-0.3, -0.25) is 0 Å². The average molecular weight is 309 g/mol. The molecule has 2 N–H and O–H groups in total. The maximum absolute atomic E-state index is 5.65. The molecule has 0 saturated heterocycles. The zero-order chi connectivity index (χ0) is 13.1. The minimum absolute atomic E-state index is 0.228. The molecular weight excluding hydrogens is 296 g/mol. The number of nitrogen functional groups attached to an aromatic ring is 1. The number of nitrogens with two attached hydrogens (primary N) is 1. The van der Waals surface area contributed by atoms with Crippen LogP contribution in [-0.2, 0) is 6.42 Å². The first kappa shape index (κ1) is 12.8. The fraction of sp³-hybridized carbons (Fsp3) is 0.250. The van der Waals surface area contributed by atoms with Gasteiger partial charge in [0.15, 0.2) is 0 Å². The second-order valence-corrected chi connectivity index (χ2v) is 4.45. The molecule has 0 spiro atoms. The van der Waals surface area contributed by atoms with Crippen molar-refractivity contribution in [1.29, 1.82) is 0 Å². The molecule has 0 aromatic carbocycles. The van der Waals surface area contributed by atoms with Gasteiger partial charge in [0.05, 0.1) is 7.11 Å². The fourth-order valence-corrected chi connectivity index (χ4v) is 1.95. The van der Waals surface area contributed by atoms with Crippen LogP contribution >= 0.6 is 15.9 Å². The van der Waals surface area contributed by atoms with Crippen LogP contribution in [0.5, 0.6) is 5.75 Å². The molecule has 0 radical (unpaired) electrons. The number of methoxy groups -OCH3 is 1. The Balaban J connectivity index is 2.67. The Morgan fingerprint density at radius 3 is 2.72 bits per heavy atom. The van der Waals surface area contributed by atoms with Gasteiger partial charge in [0.1, 0.15) is 21.7 Å². The summed E-state index contributed by atoms with van der Waals surface area (Å²) in [7, 11) is 1.60. The Bertz CT molecular complexity index is 522. The first-order chi connectivity index (χ1) is 8.65. The van der Waals surface area contributed by atoms with E-state index in [0.29, 0.717) is 17.1 Å². The van der Waals surface area contributed by atoms with E-state index in [9.17, 15) is 0 Å². The number of rotatable bonds is 3. The second-order valence-electron chi connectivity index (χ2n) is 3.64. The number of ether oxygens (including phenoxy) is 1. The van der Waals surface area contributed by atoms with Crippen molar-refractivity contribution in [2.75, 3.05) is 12.8 Å². The van der Waals surface area contributed by atoms with E-state index in [1.54, 1.807) is 13.3 Å². The van der Waals surface area contributed by atoms with Crippen LogP contribution in [0.25, 0.3) is 11.4 Å². The maximum atomic E-state index is 5.65. The summed E-state index contributed by atoms with van der Waals surface area (Å²) in [5, 5.41) is 0. The van der Waals surface area contributed by atoms with Gasteiger partial charge in [-0.15, -0.1) is 0 Å². The van der Waals surface area contributed by atoms with E-state index in [2.05, 4.69) is 30.9 Å². The van der Waals surface area contributed by atoms with E-state index in [-0.39, 0.29) is 5.95 Å². The molecule has 5 nitrogen and oxygen atoms in total. The number of hydrogen-bond donors (Lipinski definition) is 1. The molecule has 2 heterocycles. The molecule has 0 aliphatic carbocycles. The fourth-order valence-electron chi connectivity index (χ4n) is 1.64. The minimum Gasteiger partial charge on any atom is -0.494 e. The van der Waals surface area contributed by atoms with Crippen molar-refractivity contribution in [3.05, 3.63) is 28.5 Å². The quantitative estimate of drug-likeness (QED) is 0.882. The van der Waals surface area contributed by atoms with E-state index in [0.717, 1.165) is 16.6 Å². The second kappa shape index (κ2) is 5.30. The first-order valence-corrected chi connectivity index (χ1v) is 6.27. The molecule has 2 aromatic rings. The Hall–Kier alpha value is -1.69.